The molecular formula is C6H8N2O. The molecule has 0 atom stereocenters. The Bertz CT molecular complexity index is 155. The van der Waals surface area contributed by atoms with E-state index in [0.717, 1.165) is 6.08 Å². The van der Waals surface area contributed by atoms with Gasteiger partial charge in [-0.3, -0.25) is 4.79 Å². The third-order valence-electron chi connectivity index (χ3n) is 0.660. The van der Waals surface area contributed by atoms with Gasteiger partial charge in [-0.1, -0.05) is 0 Å². The molecule has 0 radical (unpaired) electrons. The number of nitrogens with one attached hydrogen (secondary N) is 1. The molecule has 0 spiro atoms. The Morgan fingerprint density at radius 3 is 3.00 bits per heavy atom. The van der Waals surface area contributed by atoms with Crippen LogP contribution in [-0.4, -0.2) is 12.5 Å². The van der Waals surface area contributed by atoms with Crippen LogP contribution in [0.5, 0.6) is 0 Å². The van der Waals surface area contributed by atoms with Gasteiger partial charge < -0.3 is 5.32 Å². The monoisotopic (exact) mass is 124 g/mol. The van der Waals surface area contributed by atoms with Gasteiger partial charge in [0.2, 0.25) is 5.91 Å². The predicted molar refractivity (Wildman–Crippen MR) is 33.4 cm³/mol. The summed E-state index contributed by atoms with van der Waals surface area (Å²) in [5.41, 5.74) is 0. The van der Waals surface area contributed by atoms with Gasteiger partial charge in [0.25, 0.3) is 0 Å². The first-order valence-corrected chi connectivity index (χ1v) is 2.65. The van der Waals surface area contributed by atoms with E-state index in [1.54, 1.807) is 6.07 Å². The number of carbonyl (C=O) groups excluding carboxylic acids is 1. The van der Waals surface area contributed by atoms with Gasteiger partial charge in [-0.2, -0.15) is 5.26 Å². The number of likely N-dealkylation sites (N-methyl/N-ethyl adjacent to an activating group) is 1. The summed E-state index contributed by atoms with van der Waals surface area (Å²) in [6.07, 6.45) is 2.34. The van der Waals surface area contributed by atoms with Crippen molar-refractivity contribution in [1.29, 1.82) is 5.26 Å². The highest BCUT2D eigenvalue weighted by Gasteiger charge is 1.86. The van der Waals surface area contributed by atoms with Crippen molar-refractivity contribution in [2.24, 2.45) is 0 Å². The van der Waals surface area contributed by atoms with E-state index in [2.05, 4.69) is 5.32 Å². The lowest BCUT2D eigenvalue weighted by atomic mass is 10.5. The predicted octanol–water partition coefficient (Wildman–Crippen LogP) is 0.202. The molecule has 0 heterocycles. The summed E-state index contributed by atoms with van der Waals surface area (Å²) in [5.74, 6) is -0.223. The Kier molecular flexibility index (Phi) is 4.15. The molecule has 1 amide bonds. The Morgan fingerprint density at radius 2 is 2.56 bits per heavy atom. The highest BCUT2D eigenvalue weighted by molar-refractivity contribution is 5.87. The van der Waals surface area contributed by atoms with Crippen LogP contribution in [0.1, 0.15) is 6.92 Å². The van der Waals surface area contributed by atoms with Crippen LogP contribution >= 0.6 is 0 Å². The van der Waals surface area contributed by atoms with Crippen molar-refractivity contribution >= 4 is 5.91 Å². The van der Waals surface area contributed by atoms with Gasteiger partial charge in [0, 0.05) is 18.7 Å². The van der Waals surface area contributed by atoms with E-state index in [1.807, 2.05) is 6.92 Å². The van der Waals surface area contributed by atoms with E-state index in [9.17, 15) is 4.79 Å². The fourth-order valence-corrected chi connectivity index (χ4v) is 0.346. The maximum absolute atomic E-state index is 10.5. The molecule has 0 aromatic rings. The zero-order valence-electron chi connectivity index (χ0n) is 5.22. The van der Waals surface area contributed by atoms with Gasteiger partial charge in [-0.15, -0.1) is 0 Å². The summed E-state index contributed by atoms with van der Waals surface area (Å²) in [6.45, 7) is 2.41. The van der Waals surface area contributed by atoms with Crippen molar-refractivity contribution in [3.8, 4) is 6.07 Å². The molecule has 0 aliphatic carbocycles. The van der Waals surface area contributed by atoms with Crippen molar-refractivity contribution in [2.75, 3.05) is 6.54 Å². The average molecular weight is 124 g/mol. The average Bonchev–Trinajstić information content (AvgIpc) is 1.85. The Balaban J connectivity index is 3.53. The topological polar surface area (TPSA) is 52.9 Å². The fraction of sp³-hybridized carbons (Fsp3) is 0.333. The summed E-state index contributed by atoms with van der Waals surface area (Å²) in [6, 6.07) is 1.72. The molecule has 0 aromatic carbocycles. The summed E-state index contributed by atoms with van der Waals surface area (Å²) < 4.78 is 0. The van der Waals surface area contributed by atoms with E-state index in [1.165, 1.54) is 6.08 Å². The van der Waals surface area contributed by atoms with Crippen LogP contribution in [-0.2, 0) is 4.79 Å². The number of allylic oxidation sites excluding steroid dienone is 1. The molecule has 0 aliphatic rings. The van der Waals surface area contributed by atoms with Crippen molar-refractivity contribution in [1.82, 2.24) is 5.32 Å². The minimum absolute atomic E-state index is 0.223. The van der Waals surface area contributed by atoms with Gasteiger partial charge >= 0.3 is 0 Å². The van der Waals surface area contributed by atoms with Gasteiger partial charge in [0.1, 0.15) is 0 Å². The Morgan fingerprint density at radius 1 is 1.89 bits per heavy atom. The number of amides is 1. The minimum atomic E-state index is -0.223. The van der Waals surface area contributed by atoms with E-state index < -0.39 is 0 Å². The molecule has 0 aliphatic heterocycles. The van der Waals surface area contributed by atoms with E-state index >= 15 is 0 Å². The number of nitriles is 1. The van der Waals surface area contributed by atoms with Crippen molar-refractivity contribution in [2.45, 2.75) is 6.92 Å². The number of rotatable bonds is 2. The highest BCUT2D eigenvalue weighted by Crippen LogP contribution is 1.69. The second-order valence-corrected chi connectivity index (χ2v) is 1.36. The molecule has 0 aromatic heterocycles. The second kappa shape index (κ2) is 4.85. The van der Waals surface area contributed by atoms with E-state index in [4.69, 9.17) is 5.26 Å². The number of carbonyl (C=O) groups is 1. The van der Waals surface area contributed by atoms with Crippen LogP contribution < -0.4 is 5.32 Å². The molecule has 0 saturated carbocycles. The third-order valence-corrected chi connectivity index (χ3v) is 0.660. The molecule has 0 bridgehead atoms. The van der Waals surface area contributed by atoms with Gasteiger partial charge in [-0.05, 0) is 6.92 Å². The van der Waals surface area contributed by atoms with Crippen molar-refractivity contribution < 1.29 is 4.79 Å². The first-order valence-electron chi connectivity index (χ1n) is 2.65. The van der Waals surface area contributed by atoms with Crippen LogP contribution in [0.2, 0.25) is 0 Å². The standard InChI is InChI=1S/C6H8N2O/c1-2-8-6(9)4-3-5-7/h3-4H,2H2,1H3,(H,8,9)/b4-3+. The molecule has 3 nitrogen and oxygen atoms in total. The van der Waals surface area contributed by atoms with Crippen LogP contribution in [0.4, 0.5) is 0 Å². The second-order valence-electron chi connectivity index (χ2n) is 1.36. The summed E-state index contributed by atoms with van der Waals surface area (Å²) >= 11 is 0. The quantitative estimate of drug-likeness (QED) is 0.422. The third kappa shape index (κ3) is 4.56. The zero-order chi connectivity index (χ0) is 7.11. The zero-order valence-corrected chi connectivity index (χ0v) is 5.22. The lowest BCUT2D eigenvalue weighted by Gasteiger charge is -1.91. The highest BCUT2D eigenvalue weighted by atomic mass is 16.1. The summed E-state index contributed by atoms with van der Waals surface area (Å²) in [4.78, 5) is 10.5. The molecule has 0 fully saturated rings. The molecule has 0 rings (SSSR count). The smallest absolute Gasteiger partial charge is 0.244 e. The number of hydrogen-bond acceptors (Lipinski definition) is 2. The summed E-state index contributed by atoms with van der Waals surface area (Å²) in [7, 11) is 0. The van der Waals surface area contributed by atoms with E-state index in [0.29, 0.717) is 6.54 Å². The van der Waals surface area contributed by atoms with Crippen LogP contribution in [0, 0.1) is 11.3 Å². The van der Waals surface area contributed by atoms with Crippen molar-refractivity contribution in [3.05, 3.63) is 12.2 Å². The molecule has 9 heavy (non-hydrogen) atoms. The van der Waals surface area contributed by atoms with Crippen LogP contribution in [0.15, 0.2) is 12.2 Å². The first kappa shape index (κ1) is 7.70. The van der Waals surface area contributed by atoms with Crippen LogP contribution in [0.25, 0.3) is 0 Å². The fourth-order valence-electron chi connectivity index (χ4n) is 0.346. The lowest BCUT2D eigenvalue weighted by Crippen LogP contribution is -2.19. The number of nitrogens with zero attached hydrogens (tertiary/aromatic N) is 1. The maximum atomic E-state index is 10.5. The SMILES string of the molecule is CCNC(=O)/C=C/C#N. The molecule has 1 N–H and O–H groups in total. The van der Waals surface area contributed by atoms with Gasteiger partial charge in [-0.25, -0.2) is 0 Å². The first-order chi connectivity index (χ1) is 4.31. The van der Waals surface area contributed by atoms with E-state index in [-0.39, 0.29) is 5.91 Å². The van der Waals surface area contributed by atoms with Gasteiger partial charge in [0.15, 0.2) is 0 Å². The maximum Gasteiger partial charge on any atom is 0.244 e. The Labute approximate surface area is 54.0 Å². The molecular weight excluding hydrogens is 116 g/mol. The molecule has 0 saturated heterocycles. The van der Waals surface area contributed by atoms with Crippen LogP contribution in [0.3, 0.4) is 0 Å². The molecule has 0 unspecified atom stereocenters. The summed E-state index contributed by atoms with van der Waals surface area (Å²) in [5, 5.41) is 10.5. The Hall–Kier alpha value is -1.30. The lowest BCUT2D eigenvalue weighted by molar-refractivity contribution is -0.116. The molecule has 3 heteroatoms. The largest absolute Gasteiger partial charge is 0.353 e. The van der Waals surface area contributed by atoms with Crippen molar-refractivity contribution in [3.63, 3.8) is 0 Å². The minimum Gasteiger partial charge on any atom is -0.353 e. The number of hydrogen-bond donors (Lipinski definition) is 1. The van der Waals surface area contributed by atoms with Gasteiger partial charge in [0.05, 0.1) is 6.07 Å². The molecule has 48 valence electrons. The normalized spacial score (nSPS) is 8.89.